The van der Waals surface area contributed by atoms with Crippen molar-refractivity contribution in [2.45, 2.75) is 19.5 Å². The van der Waals surface area contributed by atoms with E-state index in [0.29, 0.717) is 6.54 Å². The molecule has 3 N–H and O–H groups in total. The molecule has 1 aliphatic heterocycles. The molecule has 116 valence electrons. The van der Waals surface area contributed by atoms with E-state index in [1.165, 1.54) is 5.56 Å². The maximum absolute atomic E-state index is 11.4. The van der Waals surface area contributed by atoms with Crippen LogP contribution in [-0.2, 0) is 11.3 Å². The standard InChI is InChI=1S/C16H26N4O/c1-14(17)16(21)18-7-8-19-9-11-20(12-10-19)13-15-5-3-2-4-6-15/h2-6,14H,7-13,17H2,1H3,(H,18,21). The van der Waals surface area contributed by atoms with Crippen LogP contribution in [0.25, 0.3) is 0 Å². The fourth-order valence-electron chi connectivity index (χ4n) is 2.51. The van der Waals surface area contributed by atoms with Gasteiger partial charge in [-0.15, -0.1) is 0 Å². The number of benzene rings is 1. The monoisotopic (exact) mass is 290 g/mol. The molecule has 1 heterocycles. The lowest BCUT2D eigenvalue weighted by Gasteiger charge is -2.34. The van der Waals surface area contributed by atoms with Crippen molar-refractivity contribution in [3.05, 3.63) is 35.9 Å². The van der Waals surface area contributed by atoms with E-state index < -0.39 is 6.04 Å². The molecule has 5 heteroatoms. The molecule has 21 heavy (non-hydrogen) atoms. The normalized spacial score (nSPS) is 18.4. The minimum Gasteiger partial charge on any atom is -0.353 e. The van der Waals surface area contributed by atoms with Gasteiger partial charge in [-0.3, -0.25) is 14.6 Å². The molecular weight excluding hydrogens is 264 g/mol. The highest BCUT2D eigenvalue weighted by atomic mass is 16.2. The van der Waals surface area contributed by atoms with Crippen LogP contribution in [0.1, 0.15) is 12.5 Å². The quantitative estimate of drug-likeness (QED) is 0.789. The van der Waals surface area contributed by atoms with Crippen LogP contribution in [0.3, 0.4) is 0 Å². The molecule has 0 radical (unpaired) electrons. The Morgan fingerprint density at radius 3 is 2.43 bits per heavy atom. The van der Waals surface area contributed by atoms with Crippen molar-refractivity contribution in [3.8, 4) is 0 Å². The third kappa shape index (κ3) is 5.46. The maximum atomic E-state index is 11.4. The van der Waals surface area contributed by atoms with Crippen LogP contribution in [0.15, 0.2) is 30.3 Å². The van der Waals surface area contributed by atoms with E-state index in [1.807, 2.05) is 0 Å². The predicted octanol–water partition coefficient (Wildman–Crippen LogP) is 0.268. The molecule has 1 amide bonds. The minimum atomic E-state index is -0.423. The third-order valence-corrected chi connectivity index (χ3v) is 3.85. The lowest BCUT2D eigenvalue weighted by Crippen LogP contribution is -2.49. The van der Waals surface area contributed by atoms with E-state index in [0.717, 1.165) is 39.3 Å². The SMILES string of the molecule is CC(N)C(=O)NCCN1CCN(Cc2ccccc2)CC1. The zero-order valence-electron chi connectivity index (χ0n) is 12.8. The number of amides is 1. The zero-order valence-corrected chi connectivity index (χ0v) is 12.8. The van der Waals surface area contributed by atoms with Gasteiger partial charge >= 0.3 is 0 Å². The second-order valence-corrected chi connectivity index (χ2v) is 5.68. The second kappa shape index (κ2) is 8.12. The van der Waals surface area contributed by atoms with Crippen LogP contribution in [-0.4, -0.2) is 61.0 Å². The van der Waals surface area contributed by atoms with Gasteiger partial charge in [0.25, 0.3) is 0 Å². The second-order valence-electron chi connectivity index (χ2n) is 5.68. The van der Waals surface area contributed by atoms with Gasteiger partial charge in [-0.05, 0) is 12.5 Å². The summed E-state index contributed by atoms with van der Waals surface area (Å²) in [5.74, 6) is -0.0716. The Labute approximate surface area is 127 Å². The number of rotatable bonds is 6. The Bertz CT molecular complexity index is 427. The molecule has 1 aromatic rings. The number of hydrogen-bond acceptors (Lipinski definition) is 4. The largest absolute Gasteiger partial charge is 0.353 e. The van der Waals surface area contributed by atoms with E-state index in [4.69, 9.17) is 5.73 Å². The summed E-state index contributed by atoms with van der Waals surface area (Å²) in [6.45, 7) is 8.58. The molecule has 5 nitrogen and oxygen atoms in total. The first-order valence-electron chi connectivity index (χ1n) is 7.67. The molecule has 1 atom stereocenters. The summed E-state index contributed by atoms with van der Waals surface area (Å²) in [7, 11) is 0. The summed E-state index contributed by atoms with van der Waals surface area (Å²) in [6.07, 6.45) is 0. The predicted molar refractivity (Wildman–Crippen MR) is 84.8 cm³/mol. The van der Waals surface area contributed by atoms with Gasteiger partial charge in [-0.25, -0.2) is 0 Å². The number of nitrogens with zero attached hydrogens (tertiary/aromatic N) is 2. The average Bonchev–Trinajstić information content (AvgIpc) is 2.50. The van der Waals surface area contributed by atoms with E-state index in [1.54, 1.807) is 6.92 Å². The van der Waals surface area contributed by atoms with Gasteiger partial charge in [0.05, 0.1) is 6.04 Å². The first-order valence-corrected chi connectivity index (χ1v) is 7.67. The number of carbonyl (C=O) groups is 1. The summed E-state index contributed by atoms with van der Waals surface area (Å²) in [4.78, 5) is 16.2. The Kier molecular flexibility index (Phi) is 6.17. The molecule has 0 aromatic heterocycles. The van der Waals surface area contributed by atoms with Gasteiger partial charge in [0.15, 0.2) is 0 Å². The summed E-state index contributed by atoms with van der Waals surface area (Å²) in [5.41, 5.74) is 6.88. The molecule has 1 saturated heterocycles. The summed E-state index contributed by atoms with van der Waals surface area (Å²) in [5, 5.41) is 2.86. The van der Waals surface area contributed by atoms with Gasteiger partial charge in [0, 0.05) is 45.8 Å². The molecule has 0 saturated carbocycles. The van der Waals surface area contributed by atoms with Crippen LogP contribution >= 0.6 is 0 Å². The first-order chi connectivity index (χ1) is 10.1. The van der Waals surface area contributed by atoms with E-state index in [2.05, 4.69) is 45.4 Å². The van der Waals surface area contributed by atoms with Crippen molar-refractivity contribution in [2.24, 2.45) is 5.73 Å². The van der Waals surface area contributed by atoms with Crippen molar-refractivity contribution < 1.29 is 4.79 Å². The number of carbonyl (C=O) groups excluding carboxylic acids is 1. The lowest BCUT2D eigenvalue weighted by molar-refractivity contribution is -0.122. The molecule has 0 aliphatic carbocycles. The van der Waals surface area contributed by atoms with E-state index in [-0.39, 0.29) is 5.91 Å². The highest BCUT2D eigenvalue weighted by Crippen LogP contribution is 2.07. The molecule has 0 bridgehead atoms. The summed E-state index contributed by atoms with van der Waals surface area (Å²) < 4.78 is 0. The molecule has 1 aromatic carbocycles. The maximum Gasteiger partial charge on any atom is 0.236 e. The molecule has 0 spiro atoms. The number of piperazine rings is 1. The van der Waals surface area contributed by atoms with Gasteiger partial charge < -0.3 is 11.1 Å². The van der Waals surface area contributed by atoms with Crippen molar-refractivity contribution >= 4 is 5.91 Å². The molecule has 1 fully saturated rings. The van der Waals surface area contributed by atoms with Gasteiger partial charge in [-0.2, -0.15) is 0 Å². The Balaban J connectivity index is 1.63. The molecule has 2 rings (SSSR count). The topological polar surface area (TPSA) is 61.6 Å². The lowest BCUT2D eigenvalue weighted by atomic mass is 10.2. The van der Waals surface area contributed by atoms with Crippen LogP contribution in [0.2, 0.25) is 0 Å². The number of hydrogen-bond donors (Lipinski definition) is 2. The summed E-state index contributed by atoms with van der Waals surface area (Å²) in [6, 6.07) is 10.2. The van der Waals surface area contributed by atoms with Crippen molar-refractivity contribution in [1.82, 2.24) is 15.1 Å². The third-order valence-electron chi connectivity index (χ3n) is 3.85. The van der Waals surface area contributed by atoms with Gasteiger partial charge in [0.2, 0.25) is 5.91 Å². The van der Waals surface area contributed by atoms with Crippen LogP contribution < -0.4 is 11.1 Å². The molecule has 1 unspecified atom stereocenters. The highest BCUT2D eigenvalue weighted by molar-refractivity contribution is 5.80. The van der Waals surface area contributed by atoms with Gasteiger partial charge in [-0.1, -0.05) is 30.3 Å². The van der Waals surface area contributed by atoms with Crippen molar-refractivity contribution in [3.63, 3.8) is 0 Å². The van der Waals surface area contributed by atoms with Gasteiger partial charge in [0.1, 0.15) is 0 Å². The van der Waals surface area contributed by atoms with E-state index in [9.17, 15) is 4.79 Å². The Hall–Kier alpha value is -1.43. The fraction of sp³-hybridized carbons (Fsp3) is 0.562. The van der Waals surface area contributed by atoms with E-state index >= 15 is 0 Å². The van der Waals surface area contributed by atoms with Crippen LogP contribution in [0.4, 0.5) is 0 Å². The first kappa shape index (κ1) is 15.9. The average molecular weight is 290 g/mol. The van der Waals surface area contributed by atoms with Crippen LogP contribution in [0, 0.1) is 0 Å². The minimum absolute atomic E-state index is 0.0716. The number of nitrogens with one attached hydrogen (secondary N) is 1. The van der Waals surface area contributed by atoms with Crippen LogP contribution in [0.5, 0.6) is 0 Å². The number of nitrogens with two attached hydrogens (primary N) is 1. The van der Waals surface area contributed by atoms with Crippen molar-refractivity contribution in [1.29, 1.82) is 0 Å². The molecular formula is C16H26N4O. The Morgan fingerprint density at radius 1 is 1.19 bits per heavy atom. The van der Waals surface area contributed by atoms with Crippen molar-refractivity contribution in [2.75, 3.05) is 39.3 Å². The smallest absolute Gasteiger partial charge is 0.236 e. The Morgan fingerprint density at radius 2 is 1.81 bits per heavy atom. The summed E-state index contributed by atoms with van der Waals surface area (Å²) >= 11 is 0. The fourth-order valence-corrected chi connectivity index (χ4v) is 2.51. The zero-order chi connectivity index (χ0) is 15.1. The molecule has 1 aliphatic rings. The highest BCUT2D eigenvalue weighted by Gasteiger charge is 2.16.